The Hall–Kier alpha value is -6.33. The van der Waals surface area contributed by atoms with E-state index in [1.54, 1.807) is 35.4 Å². The molecule has 3 fully saturated rings. The Bertz CT molecular complexity index is 2700. The fourth-order valence-corrected chi connectivity index (χ4v) is 9.98. The first kappa shape index (κ1) is 42.0. The number of likely N-dealkylation sites (tertiary alicyclic amines) is 3. The zero-order chi connectivity index (χ0) is 43.3. The summed E-state index contributed by atoms with van der Waals surface area (Å²) in [6.45, 7) is 3.11. The van der Waals surface area contributed by atoms with Gasteiger partial charge in [-0.2, -0.15) is 4.72 Å². The number of rotatable bonds is 11. The average molecular weight is 861 g/mol. The van der Waals surface area contributed by atoms with Gasteiger partial charge in [0.15, 0.2) is 0 Å². The van der Waals surface area contributed by atoms with Gasteiger partial charge in [0.1, 0.15) is 23.7 Å². The zero-order valence-electron chi connectivity index (χ0n) is 35.4. The number of hydrogen-bond acceptors (Lipinski definition) is 7. The summed E-state index contributed by atoms with van der Waals surface area (Å²) in [5.41, 5.74) is 7.05. The van der Waals surface area contributed by atoms with Crippen molar-refractivity contribution in [3.63, 3.8) is 0 Å². The number of aromatic nitrogens is 4. The monoisotopic (exact) mass is 860 g/mol. The fraction of sp³-hybridized carbons (Fsp3) is 0.320. The molecular weight excluding hydrogens is 809 g/mol. The highest BCUT2D eigenvalue weighted by molar-refractivity contribution is 7.88. The molecule has 9 rings (SSSR count). The summed E-state index contributed by atoms with van der Waals surface area (Å²) in [7, 11) is -3.66. The highest BCUT2D eigenvalue weighted by Gasteiger charge is 2.40. The van der Waals surface area contributed by atoms with Crippen LogP contribution in [0.4, 0.5) is 0 Å². The number of sulfonamides is 1. The van der Waals surface area contributed by atoms with Gasteiger partial charge in [-0.25, -0.2) is 18.4 Å². The third kappa shape index (κ3) is 9.54. The number of nitrogens with one attached hydrogen (secondary N) is 3. The molecule has 6 aromatic rings. The minimum atomic E-state index is -3.66. The number of H-pyrrole nitrogens is 2. The van der Waals surface area contributed by atoms with Crippen molar-refractivity contribution in [3.8, 4) is 34.4 Å². The van der Waals surface area contributed by atoms with Gasteiger partial charge >= 0.3 is 0 Å². The van der Waals surface area contributed by atoms with E-state index in [9.17, 15) is 18.0 Å². The van der Waals surface area contributed by atoms with Crippen molar-refractivity contribution in [3.05, 3.63) is 155 Å². The van der Waals surface area contributed by atoms with E-state index in [0.29, 0.717) is 24.4 Å². The van der Waals surface area contributed by atoms with Gasteiger partial charge in [0.2, 0.25) is 21.8 Å². The van der Waals surface area contributed by atoms with E-state index >= 15 is 0 Å². The molecular formula is C50H52N8O4S. The number of imidazole rings is 2. The molecule has 63 heavy (non-hydrogen) atoms. The maximum atomic E-state index is 14.3. The van der Waals surface area contributed by atoms with Crippen LogP contribution in [0.25, 0.3) is 22.5 Å². The van der Waals surface area contributed by atoms with E-state index < -0.39 is 16.1 Å². The second kappa shape index (κ2) is 18.6. The van der Waals surface area contributed by atoms with Crippen LogP contribution in [-0.4, -0.2) is 87.3 Å². The van der Waals surface area contributed by atoms with E-state index in [1.807, 2.05) is 83.9 Å². The Kier molecular flexibility index (Phi) is 12.4. The van der Waals surface area contributed by atoms with E-state index in [4.69, 9.17) is 4.98 Å². The SMILES string of the molecule is CS(=O)(=O)N[C@@H](C(=O)N1CCC[C@H]1c1ncc(-c2ccc(C#Cc3ccc(-c4cnc([C@@H]5CCCN5C(=O)[C@@H](c5ccccc5)N5CCCCC5)[nH]4)cc3)cc2)[nH]1)c1ccccc1. The zero-order valence-corrected chi connectivity index (χ0v) is 36.2. The summed E-state index contributed by atoms with van der Waals surface area (Å²) in [6, 6.07) is 33.5. The molecule has 12 nitrogen and oxygen atoms in total. The lowest BCUT2D eigenvalue weighted by Crippen LogP contribution is -2.44. The van der Waals surface area contributed by atoms with Crippen molar-refractivity contribution in [2.24, 2.45) is 0 Å². The topological polar surface area (TPSA) is 147 Å². The van der Waals surface area contributed by atoms with Gasteiger partial charge in [-0.1, -0.05) is 103 Å². The first-order valence-electron chi connectivity index (χ1n) is 21.9. The van der Waals surface area contributed by atoms with Crippen molar-refractivity contribution in [1.29, 1.82) is 0 Å². The Morgan fingerprint density at radius 3 is 1.59 bits per heavy atom. The molecule has 13 heteroatoms. The minimum Gasteiger partial charge on any atom is -0.340 e. The third-order valence-electron chi connectivity index (χ3n) is 12.5. The number of piperidine rings is 1. The average Bonchev–Trinajstić information content (AvgIpc) is 4.16. The normalized spacial score (nSPS) is 19.1. The van der Waals surface area contributed by atoms with E-state index in [0.717, 1.165) is 103 Å². The van der Waals surface area contributed by atoms with Gasteiger partial charge in [-0.3, -0.25) is 14.5 Å². The maximum absolute atomic E-state index is 14.3. The first-order valence-corrected chi connectivity index (χ1v) is 23.8. The predicted molar refractivity (Wildman–Crippen MR) is 243 cm³/mol. The van der Waals surface area contributed by atoms with Crippen LogP contribution >= 0.6 is 0 Å². The van der Waals surface area contributed by atoms with Crippen LogP contribution in [0.15, 0.2) is 122 Å². The summed E-state index contributed by atoms with van der Waals surface area (Å²) in [5.74, 6) is 7.91. The van der Waals surface area contributed by atoms with Crippen LogP contribution in [-0.2, 0) is 19.6 Å². The fourth-order valence-electron chi connectivity index (χ4n) is 9.31. The second-order valence-corrected chi connectivity index (χ2v) is 18.6. The molecule has 5 heterocycles. The number of aromatic amines is 2. The van der Waals surface area contributed by atoms with Crippen molar-refractivity contribution >= 4 is 21.8 Å². The highest BCUT2D eigenvalue weighted by atomic mass is 32.2. The second-order valence-electron chi connectivity index (χ2n) is 16.8. The largest absolute Gasteiger partial charge is 0.340 e. The van der Waals surface area contributed by atoms with Crippen molar-refractivity contribution in [2.45, 2.75) is 69.1 Å². The molecule has 0 bridgehead atoms. The van der Waals surface area contributed by atoms with Crippen LogP contribution in [0.5, 0.6) is 0 Å². The van der Waals surface area contributed by atoms with Crippen LogP contribution in [0.3, 0.4) is 0 Å². The predicted octanol–water partition coefficient (Wildman–Crippen LogP) is 7.71. The Labute approximate surface area is 369 Å². The van der Waals surface area contributed by atoms with E-state index in [1.165, 1.54) is 6.42 Å². The lowest BCUT2D eigenvalue weighted by Gasteiger charge is -2.37. The van der Waals surface area contributed by atoms with Crippen molar-refractivity contribution in [1.82, 2.24) is 39.4 Å². The van der Waals surface area contributed by atoms with Crippen LogP contribution < -0.4 is 4.72 Å². The van der Waals surface area contributed by atoms with E-state index in [-0.39, 0.29) is 29.9 Å². The molecule has 0 unspecified atom stereocenters. The first-order chi connectivity index (χ1) is 30.7. The number of nitrogens with zero attached hydrogens (tertiary/aromatic N) is 5. The van der Waals surface area contributed by atoms with Crippen LogP contribution in [0, 0.1) is 11.8 Å². The summed E-state index contributed by atoms with van der Waals surface area (Å²) >= 11 is 0. The molecule has 2 aromatic heterocycles. The molecule has 4 atom stereocenters. The van der Waals surface area contributed by atoms with Crippen molar-refractivity contribution < 1.29 is 18.0 Å². The van der Waals surface area contributed by atoms with Crippen molar-refractivity contribution in [2.75, 3.05) is 32.4 Å². The Morgan fingerprint density at radius 1 is 0.619 bits per heavy atom. The van der Waals surface area contributed by atoms with Gasteiger partial charge in [-0.05, 0) is 98.1 Å². The molecule has 0 aliphatic carbocycles. The lowest BCUT2D eigenvalue weighted by atomic mass is 10.00. The number of carbonyl (C=O) groups is 2. The summed E-state index contributed by atoms with van der Waals surface area (Å²) < 4.78 is 27.1. The molecule has 3 saturated heterocycles. The molecule has 3 aliphatic heterocycles. The van der Waals surface area contributed by atoms with Gasteiger partial charge in [0.25, 0.3) is 0 Å². The standard InChI is InChI=1S/C50H52N8O4S/c1-63(61,62)55-45(39-13-5-2-6-14-39)49(59)57-31-11-17-43(57)47-51-33-41(53-47)37-25-21-35(22-26-37)19-20-36-23-27-38(28-24-36)42-34-52-48(54-42)44-18-12-32-58(44)50(60)46(40-15-7-3-8-16-40)56-29-9-4-10-30-56/h2-3,5-8,13-16,21-28,33-34,43-46,55H,4,9-12,17-18,29-32H2,1H3,(H,51,53)(H,52,54)/t43-,44-,45+,46+/m0/s1. The van der Waals surface area contributed by atoms with Gasteiger partial charge in [0, 0.05) is 24.2 Å². The molecule has 3 N–H and O–H groups in total. The maximum Gasteiger partial charge on any atom is 0.245 e. The lowest BCUT2D eigenvalue weighted by molar-refractivity contribution is -0.139. The van der Waals surface area contributed by atoms with Crippen LogP contribution in [0.2, 0.25) is 0 Å². The number of carbonyl (C=O) groups excluding carboxylic acids is 2. The molecule has 0 spiro atoms. The Morgan fingerprint density at radius 2 is 1.10 bits per heavy atom. The number of benzene rings is 4. The number of amides is 2. The van der Waals surface area contributed by atoms with Gasteiger partial charge < -0.3 is 19.8 Å². The van der Waals surface area contributed by atoms with E-state index in [2.05, 4.69) is 48.5 Å². The molecule has 0 saturated carbocycles. The summed E-state index contributed by atoms with van der Waals surface area (Å²) in [6.07, 6.45) is 11.5. The number of hydrogen-bond donors (Lipinski definition) is 3. The van der Waals surface area contributed by atoms with Crippen LogP contribution in [0.1, 0.15) is 103 Å². The summed E-state index contributed by atoms with van der Waals surface area (Å²) in [5, 5.41) is 0. The quantitative estimate of drug-likeness (QED) is 0.113. The molecule has 0 radical (unpaired) electrons. The third-order valence-corrected chi connectivity index (χ3v) is 13.1. The summed E-state index contributed by atoms with van der Waals surface area (Å²) in [4.78, 5) is 50.8. The Balaban J connectivity index is 0.838. The highest BCUT2D eigenvalue weighted by Crippen LogP contribution is 2.37. The molecule has 2 amide bonds. The van der Waals surface area contributed by atoms with Gasteiger partial charge in [0.05, 0.1) is 42.1 Å². The minimum absolute atomic E-state index is 0.0891. The molecule has 3 aliphatic rings. The smallest absolute Gasteiger partial charge is 0.245 e. The molecule has 4 aromatic carbocycles. The van der Waals surface area contributed by atoms with Gasteiger partial charge in [-0.15, -0.1) is 0 Å². The molecule has 322 valence electrons.